The molecule has 0 saturated carbocycles. The van der Waals surface area contributed by atoms with E-state index in [4.69, 9.17) is 10.2 Å². The number of hydrogen-bond donors (Lipinski definition) is 2. The van der Waals surface area contributed by atoms with Crippen molar-refractivity contribution >= 4 is 22.8 Å². The van der Waals surface area contributed by atoms with Crippen molar-refractivity contribution in [2.45, 2.75) is 12.8 Å². The molecule has 132 valence electrons. The maximum Gasteiger partial charge on any atom is 0.349 e. The van der Waals surface area contributed by atoms with Crippen molar-refractivity contribution in [3.05, 3.63) is 46.3 Å². The third kappa shape index (κ3) is 3.71. The third-order valence-electron chi connectivity index (χ3n) is 4.39. The molecule has 1 atom stereocenters. The summed E-state index contributed by atoms with van der Waals surface area (Å²) in [5.74, 6) is -0.777. The molecule has 0 spiro atoms. The number of carbonyl (C=O) groups is 2. The van der Waals surface area contributed by atoms with Gasteiger partial charge < -0.3 is 20.4 Å². The molecule has 1 unspecified atom stereocenters. The molecule has 1 aliphatic heterocycles. The van der Waals surface area contributed by atoms with Gasteiger partial charge in [0.1, 0.15) is 11.1 Å². The molecule has 25 heavy (non-hydrogen) atoms. The van der Waals surface area contributed by atoms with Gasteiger partial charge in [-0.1, -0.05) is 18.2 Å². The molecular weight excluding hydrogens is 322 g/mol. The second-order valence-corrected chi connectivity index (χ2v) is 6.16. The SMILES string of the molecule is NCCNC(=O)C1CCCN(C(=O)c2cc3ccccc3oc2=O)C1. The Balaban J connectivity index is 1.79. The molecule has 0 radical (unpaired) electrons. The number of rotatable bonds is 4. The van der Waals surface area contributed by atoms with Crippen LogP contribution in [0.15, 0.2) is 39.5 Å². The summed E-state index contributed by atoms with van der Waals surface area (Å²) in [6.07, 6.45) is 1.43. The first-order chi connectivity index (χ1) is 12.1. The Morgan fingerprint density at radius 1 is 1.32 bits per heavy atom. The summed E-state index contributed by atoms with van der Waals surface area (Å²) in [6, 6.07) is 8.61. The standard InChI is InChI=1S/C18H21N3O4/c19-7-8-20-16(22)13-5-3-9-21(11-13)17(23)14-10-12-4-1-2-6-15(12)25-18(14)24/h1-2,4,6,10,13H,3,5,7-9,11,19H2,(H,20,22). The van der Waals surface area contributed by atoms with Gasteiger partial charge in [0.15, 0.2) is 0 Å². The normalized spacial score (nSPS) is 17.5. The summed E-state index contributed by atoms with van der Waals surface area (Å²) in [5.41, 5.74) is 5.19. The van der Waals surface area contributed by atoms with E-state index in [0.717, 1.165) is 0 Å². The molecule has 1 aromatic carbocycles. The van der Waals surface area contributed by atoms with E-state index < -0.39 is 11.5 Å². The third-order valence-corrected chi connectivity index (χ3v) is 4.39. The molecule has 0 aliphatic carbocycles. The van der Waals surface area contributed by atoms with Crippen molar-refractivity contribution in [2.75, 3.05) is 26.2 Å². The Kier molecular flexibility index (Phi) is 5.14. The predicted molar refractivity (Wildman–Crippen MR) is 93.2 cm³/mol. The van der Waals surface area contributed by atoms with Gasteiger partial charge in [-0.3, -0.25) is 9.59 Å². The number of likely N-dealkylation sites (tertiary alicyclic amines) is 1. The van der Waals surface area contributed by atoms with Crippen LogP contribution in [-0.4, -0.2) is 42.9 Å². The van der Waals surface area contributed by atoms with E-state index in [0.29, 0.717) is 50.0 Å². The Labute approximate surface area is 144 Å². The van der Waals surface area contributed by atoms with Gasteiger partial charge in [0.25, 0.3) is 5.91 Å². The van der Waals surface area contributed by atoms with E-state index in [1.165, 1.54) is 0 Å². The van der Waals surface area contributed by atoms with Crippen molar-refractivity contribution in [1.29, 1.82) is 0 Å². The van der Waals surface area contributed by atoms with Crippen LogP contribution in [0.1, 0.15) is 23.2 Å². The Morgan fingerprint density at radius 2 is 2.12 bits per heavy atom. The summed E-state index contributed by atoms with van der Waals surface area (Å²) >= 11 is 0. The Hall–Kier alpha value is -2.67. The summed E-state index contributed by atoms with van der Waals surface area (Å²) < 4.78 is 5.24. The van der Waals surface area contributed by atoms with Crippen LogP contribution < -0.4 is 16.7 Å². The van der Waals surface area contributed by atoms with Gasteiger partial charge >= 0.3 is 5.63 Å². The second-order valence-electron chi connectivity index (χ2n) is 6.16. The topological polar surface area (TPSA) is 106 Å². The van der Waals surface area contributed by atoms with Crippen molar-refractivity contribution < 1.29 is 14.0 Å². The van der Waals surface area contributed by atoms with Crippen LogP contribution in [0.3, 0.4) is 0 Å². The highest BCUT2D eigenvalue weighted by molar-refractivity contribution is 5.97. The number of fused-ring (bicyclic) bond motifs is 1. The molecule has 1 aromatic heterocycles. The summed E-state index contributed by atoms with van der Waals surface area (Å²) in [7, 11) is 0. The van der Waals surface area contributed by atoms with Gasteiger partial charge in [-0.2, -0.15) is 0 Å². The zero-order chi connectivity index (χ0) is 17.8. The highest BCUT2D eigenvalue weighted by Crippen LogP contribution is 2.19. The highest BCUT2D eigenvalue weighted by atomic mass is 16.4. The maximum absolute atomic E-state index is 12.8. The number of nitrogens with one attached hydrogen (secondary N) is 1. The van der Waals surface area contributed by atoms with E-state index in [-0.39, 0.29) is 17.4 Å². The lowest BCUT2D eigenvalue weighted by Crippen LogP contribution is -2.46. The number of hydrogen-bond acceptors (Lipinski definition) is 5. The van der Waals surface area contributed by atoms with Crippen molar-refractivity contribution in [3.8, 4) is 0 Å². The molecular formula is C18H21N3O4. The quantitative estimate of drug-likeness (QED) is 0.796. The highest BCUT2D eigenvalue weighted by Gasteiger charge is 2.30. The van der Waals surface area contributed by atoms with Crippen LogP contribution in [0, 0.1) is 5.92 Å². The number of benzene rings is 1. The molecule has 1 saturated heterocycles. The first-order valence-electron chi connectivity index (χ1n) is 8.40. The smallest absolute Gasteiger partial charge is 0.349 e. The average molecular weight is 343 g/mol. The zero-order valence-corrected chi connectivity index (χ0v) is 13.9. The van der Waals surface area contributed by atoms with E-state index in [2.05, 4.69) is 5.32 Å². The van der Waals surface area contributed by atoms with Gasteiger partial charge in [-0.05, 0) is 25.0 Å². The molecule has 7 nitrogen and oxygen atoms in total. The largest absolute Gasteiger partial charge is 0.422 e. The zero-order valence-electron chi connectivity index (χ0n) is 13.9. The number of para-hydroxylation sites is 1. The molecule has 7 heteroatoms. The minimum absolute atomic E-state index is 0.00159. The lowest BCUT2D eigenvalue weighted by atomic mass is 9.96. The summed E-state index contributed by atoms with van der Waals surface area (Å²) in [5, 5.41) is 3.45. The molecule has 3 N–H and O–H groups in total. The van der Waals surface area contributed by atoms with E-state index in [1.807, 2.05) is 6.07 Å². The van der Waals surface area contributed by atoms with Crippen LogP contribution in [-0.2, 0) is 4.79 Å². The second kappa shape index (κ2) is 7.48. The Bertz CT molecular complexity index is 846. The van der Waals surface area contributed by atoms with Crippen LogP contribution in [0.4, 0.5) is 0 Å². The van der Waals surface area contributed by atoms with Gasteiger partial charge in [0.05, 0.1) is 5.92 Å². The lowest BCUT2D eigenvalue weighted by Gasteiger charge is -2.31. The van der Waals surface area contributed by atoms with Crippen LogP contribution in [0.5, 0.6) is 0 Å². The van der Waals surface area contributed by atoms with Crippen LogP contribution in [0.25, 0.3) is 11.0 Å². The van der Waals surface area contributed by atoms with E-state index in [1.54, 1.807) is 29.2 Å². The minimum atomic E-state index is -0.654. The Morgan fingerprint density at radius 3 is 2.92 bits per heavy atom. The minimum Gasteiger partial charge on any atom is -0.422 e. The summed E-state index contributed by atoms with van der Waals surface area (Å²) in [4.78, 5) is 38.6. The number of carbonyl (C=O) groups excluding carboxylic acids is 2. The van der Waals surface area contributed by atoms with Crippen LogP contribution in [0.2, 0.25) is 0 Å². The van der Waals surface area contributed by atoms with E-state index in [9.17, 15) is 14.4 Å². The molecule has 2 amide bonds. The van der Waals surface area contributed by atoms with E-state index >= 15 is 0 Å². The fourth-order valence-corrected chi connectivity index (χ4v) is 3.10. The number of nitrogens with zero attached hydrogens (tertiary/aromatic N) is 1. The van der Waals surface area contributed by atoms with Crippen molar-refractivity contribution in [1.82, 2.24) is 10.2 Å². The van der Waals surface area contributed by atoms with Crippen molar-refractivity contribution in [3.63, 3.8) is 0 Å². The van der Waals surface area contributed by atoms with Crippen LogP contribution >= 0.6 is 0 Å². The average Bonchev–Trinajstić information content (AvgIpc) is 2.65. The lowest BCUT2D eigenvalue weighted by molar-refractivity contribution is -0.126. The number of nitrogens with two attached hydrogens (primary N) is 1. The fraction of sp³-hybridized carbons (Fsp3) is 0.389. The molecule has 2 aromatic rings. The first kappa shape index (κ1) is 17.2. The fourth-order valence-electron chi connectivity index (χ4n) is 3.10. The van der Waals surface area contributed by atoms with Gasteiger partial charge in [-0.15, -0.1) is 0 Å². The summed E-state index contributed by atoms with van der Waals surface area (Å²) in [6.45, 7) is 1.60. The number of piperidine rings is 1. The van der Waals surface area contributed by atoms with Crippen molar-refractivity contribution in [2.24, 2.45) is 11.7 Å². The monoisotopic (exact) mass is 343 g/mol. The molecule has 3 rings (SSSR count). The molecule has 1 aliphatic rings. The molecule has 1 fully saturated rings. The number of amides is 2. The predicted octanol–water partition coefficient (Wildman–Crippen LogP) is 0.720. The van der Waals surface area contributed by atoms with Gasteiger partial charge in [-0.25, -0.2) is 4.79 Å². The van der Waals surface area contributed by atoms with Gasteiger partial charge in [0.2, 0.25) is 5.91 Å². The molecule has 0 bridgehead atoms. The first-order valence-corrected chi connectivity index (χ1v) is 8.40. The molecule has 2 heterocycles. The maximum atomic E-state index is 12.8. The van der Waals surface area contributed by atoms with Gasteiger partial charge in [0, 0.05) is 31.6 Å².